The van der Waals surface area contributed by atoms with Crippen LogP contribution in [0.4, 0.5) is 0 Å². The van der Waals surface area contributed by atoms with Crippen LogP contribution in [0.25, 0.3) is 0 Å². The van der Waals surface area contributed by atoms with Gasteiger partial charge in [-0.25, -0.2) is 4.79 Å². The van der Waals surface area contributed by atoms with E-state index in [0.717, 1.165) is 6.92 Å². The molecule has 8 heteroatoms. The van der Waals surface area contributed by atoms with Gasteiger partial charge in [0.15, 0.2) is 16.8 Å². The highest BCUT2D eigenvalue weighted by Crippen LogP contribution is 2.41. The average molecular weight is 290 g/mol. The molecule has 20 heavy (non-hydrogen) atoms. The highest BCUT2D eigenvalue weighted by atomic mass is 16.4. The van der Waals surface area contributed by atoms with Crippen LogP contribution < -0.4 is 0 Å². The fourth-order valence-electron chi connectivity index (χ4n) is 2.18. The first-order valence-electron chi connectivity index (χ1n) is 5.98. The molecule has 0 radical (unpaired) electrons. The van der Waals surface area contributed by atoms with Crippen molar-refractivity contribution < 1.29 is 39.6 Å². The fraction of sp³-hybridized carbons (Fsp3) is 0.667. The third kappa shape index (κ3) is 2.96. The molecule has 4 N–H and O–H groups in total. The molecule has 2 unspecified atom stereocenters. The minimum absolute atomic E-state index is 0.154. The number of hydrogen-bond donors (Lipinski definition) is 4. The van der Waals surface area contributed by atoms with E-state index in [4.69, 9.17) is 10.2 Å². The molecule has 2 atom stereocenters. The van der Waals surface area contributed by atoms with Gasteiger partial charge in [-0.2, -0.15) is 0 Å². The first-order valence-corrected chi connectivity index (χ1v) is 5.98. The predicted molar refractivity (Wildman–Crippen MR) is 65.1 cm³/mol. The lowest BCUT2D eigenvalue weighted by molar-refractivity contribution is -0.195. The average Bonchev–Trinajstić information content (AvgIpc) is 2.27. The number of carbonyl (C=O) groups is 4. The molecule has 0 amide bonds. The van der Waals surface area contributed by atoms with Crippen LogP contribution in [0, 0.1) is 5.41 Å². The topological polar surface area (TPSA) is 149 Å². The number of ketones is 1. The molecule has 0 aliphatic carbocycles. The Morgan fingerprint density at radius 2 is 1.50 bits per heavy atom. The summed E-state index contributed by atoms with van der Waals surface area (Å²) in [6.45, 7) is 2.52. The molecule has 0 heterocycles. The predicted octanol–water partition coefficient (Wildman–Crippen LogP) is 0.127. The Morgan fingerprint density at radius 3 is 1.75 bits per heavy atom. The van der Waals surface area contributed by atoms with E-state index >= 15 is 0 Å². The second-order valence-electron chi connectivity index (χ2n) is 4.61. The Kier molecular flexibility index (Phi) is 5.83. The van der Waals surface area contributed by atoms with Crippen molar-refractivity contribution in [2.24, 2.45) is 5.41 Å². The minimum atomic E-state index is -3.20. The van der Waals surface area contributed by atoms with E-state index in [2.05, 4.69) is 0 Å². The highest BCUT2D eigenvalue weighted by molar-refractivity contribution is 6.08. The summed E-state index contributed by atoms with van der Waals surface area (Å²) in [6, 6.07) is 0. The molecule has 0 fully saturated rings. The molecule has 0 rings (SSSR count). The Bertz CT molecular complexity index is 413. The normalized spacial score (nSPS) is 16.8. The van der Waals surface area contributed by atoms with Gasteiger partial charge in [0.05, 0.1) is 6.42 Å². The van der Waals surface area contributed by atoms with E-state index < -0.39 is 47.5 Å². The van der Waals surface area contributed by atoms with Gasteiger partial charge in [0.25, 0.3) is 0 Å². The molecule has 0 bridgehead atoms. The first-order chi connectivity index (χ1) is 9.06. The Morgan fingerprint density at radius 1 is 1.00 bits per heavy atom. The summed E-state index contributed by atoms with van der Waals surface area (Å²) in [7, 11) is 0. The number of rotatable bonds is 9. The smallest absolute Gasteiger partial charge is 0.338 e. The number of hydrogen-bond acceptors (Lipinski definition) is 5. The van der Waals surface area contributed by atoms with Crippen molar-refractivity contribution >= 4 is 23.7 Å². The lowest BCUT2D eigenvalue weighted by atomic mass is 9.64. The number of carboxylic acids is 3. The maximum Gasteiger partial charge on any atom is 0.338 e. The highest BCUT2D eigenvalue weighted by Gasteiger charge is 2.64. The summed E-state index contributed by atoms with van der Waals surface area (Å²) in [6.07, 6.45) is -1.23. The SMILES string of the molecule is CCCCC(C(C)=O)(C(=O)O)C(O)(CC(=O)O)C(=O)O. The van der Waals surface area contributed by atoms with Gasteiger partial charge in [-0.1, -0.05) is 19.8 Å². The molecule has 0 saturated heterocycles. The second kappa shape index (κ2) is 6.47. The van der Waals surface area contributed by atoms with Gasteiger partial charge in [0, 0.05) is 0 Å². The lowest BCUT2D eigenvalue weighted by Gasteiger charge is -2.38. The number of aliphatic carboxylic acids is 3. The van der Waals surface area contributed by atoms with Crippen LogP contribution in [0.3, 0.4) is 0 Å². The van der Waals surface area contributed by atoms with Crippen molar-refractivity contribution in [3.05, 3.63) is 0 Å². The zero-order chi connectivity index (χ0) is 16.1. The van der Waals surface area contributed by atoms with Crippen LogP contribution in [0.2, 0.25) is 0 Å². The van der Waals surface area contributed by atoms with Gasteiger partial charge in [-0.3, -0.25) is 14.4 Å². The molecular weight excluding hydrogens is 272 g/mol. The zero-order valence-corrected chi connectivity index (χ0v) is 11.3. The van der Waals surface area contributed by atoms with Crippen molar-refractivity contribution in [3.63, 3.8) is 0 Å². The van der Waals surface area contributed by atoms with Crippen molar-refractivity contribution in [3.8, 4) is 0 Å². The van der Waals surface area contributed by atoms with Crippen LogP contribution >= 0.6 is 0 Å². The fourth-order valence-corrected chi connectivity index (χ4v) is 2.18. The number of carboxylic acid groups (broad SMARTS) is 3. The molecule has 0 spiro atoms. The number of Topliss-reactive ketones (excluding diaryl/α,β-unsaturated/α-hetero) is 1. The van der Waals surface area contributed by atoms with Crippen molar-refractivity contribution in [1.82, 2.24) is 0 Å². The van der Waals surface area contributed by atoms with E-state index in [1.165, 1.54) is 0 Å². The molecule has 0 aromatic carbocycles. The molecule has 0 aliphatic heterocycles. The largest absolute Gasteiger partial charge is 0.481 e. The summed E-state index contributed by atoms with van der Waals surface area (Å²) >= 11 is 0. The van der Waals surface area contributed by atoms with E-state index in [0.29, 0.717) is 6.42 Å². The van der Waals surface area contributed by atoms with Crippen LogP contribution in [0.1, 0.15) is 39.5 Å². The first kappa shape index (κ1) is 18.0. The van der Waals surface area contributed by atoms with Crippen molar-refractivity contribution in [2.75, 3.05) is 0 Å². The summed E-state index contributed by atoms with van der Waals surface area (Å²) in [4.78, 5) is 45.2. The van der Waals surface area contributed by atoms with E-state index in [9.17, 15) is 29.4 Å². The molecule has 0 saturated carbocycles. The third-order valence-electron chi connectivity index (χ3n) is 3.34. The number of aliphatic hydroxyl groups is 1. The summed E-state index contributed by atoms with van der Waals surface area (Å²) < 4.78 is 0. The monoisotopic (exact) mass is 290 g/mol. The molecule has 0 aromatic heterocycles. The quantitative estimate of drug-likeness (QED) is 0.437. The third-order valence-corrected chi connectivity index (χ3v) is 3.34. The molecule has 0 aromatic rings. The van der Waals surface area contributed by atoms with Crippen molar-refractivity contribution in [2.45, 2.75) is 45.1 Å². The van der Waals surface area contributed by atoms with Gasteiger partial charge >= 0.3 is 17.9 Å². The van der Waals surface area contributed by atoms with E-state index in [1.807, 2.05) is 0 Å². The summed E-state index contributed by atoms with van der Waals surface area (Å²) in [5.41, 5.74) is -5.89. The number of carbonyl (C=O) groups excluding carboxylic acids is 1. The second-order valence-corrected chi connectivity index (χ2v) is 4.61. The Balaban J connectivity index is 6.13. The molecule has 0 aliphatic rings. The van der Waals surface area contributed by atoms with E-state index in [-0.39, 0.29) is 6.42 Å². The van der Waals surface area contributed by atoms with Gasteiger partial charge in [-0.15, -0.1) is 0 Å². The van der Waals surface area contributed by atoms with Gasteiger partial charge in [0.2, 0.25) is 0 Å². The standard InChI is InChI=1S/C12H18O8/c1-3-4-5-11(7(2)13,9(16)17)12(20,10(18)19)6-8(14)15/h20H,3-6H2,1-2H3,(H,14,15)(H,16,17)(H,18,19). The maximum absolute atomic E-state index is 11.7. The Hall–Kier alpha value is -1.96. The Labute approximate surface area is 115 Å². The van der Waals surface area contributed by atoms with E-state index in [1.54, 1.807) is 6.92 Å². The lowest BCUT2D eigenvalue weighted by Crippen LogP contribution is -2.62. The van der Waals surface area contributed by atoms with Gasteiger partial charge < -0.3 is 20.4 Å². The van der Waals surface area contributed by atoms with Gasteiger partial charge in [0.1, 0.15) is 0 Å². The van der Waals surface area contributed by atoms with Crippen LogP contribution in [-0.2, 0) is 19.2 Å². The summed E-state index contributed by atoms with van der Waals surface area (Å²) in [5.74, 6) is -6.69. The van der Waals surface area contributed by atoms with Gasteiger partial charge in [-0.05, 0) is 13.3 Å². The minimum Gasteiger partial charge on any atom is -0.481 e. The van der Waals surface area contributed by atoms with Crippen LogP contribution in [-0.4, -0.2) is 49.7 Å². The van der Waals surface area contributed by atoms with Crippen molar-refractivity contribution in [1.29, 1.82) is 0 Å². The zero-order valence-electron chi connectivity index (χ0n) is 11.3. The molecule has 114 valence electrons. The van der Waals surface area contributed by atoms with Crippen LogP contribution in [0.15, 0.2) is 0 Å². The molecule has 8 nitrogen and oxygen atoms in total. The number of unbranched alkanes of at least 4 members (excludes halogenated alkanes) is 1. The maximum atomic E-state index is 11.7. The summed E-state index contributed by atoms with van der Waals surface area (Å²) in [5, 5.41) is 37.2. The molecular formula is C12H18O8. The van der Waals surface area contributed by atoms with Crippen LogP contribution in [0.5, 0.6) is 0 Å².